The van der Waals surface area contributed by atoms with Crippen molar-refractivity contribution >= 4 is 39.1 Å². The van der Waals surface area contributed by atoms with Gasteiger partial charge in [-0.2, -0.15) is 0 Å². The maximum atomic E-state index is 13.3. The number of benzene rings is 2. The van der Waals surface area contributed by atoms with E-state index in [9.17, 15) is 14.0 Å². The summed E-state index contributed by atoms with van der Waals surface area (Å²) >= 11 is 4.82. The fraction of sp³-hybridized carbons (Fsp3) is 0.143. The highest BCUT2D eigenvalue weighted by Crippen LogP contribution is 2.28. The Bertz CT molecular complexity index is 992. The van der Waals surface area contributed by atoms with Crippen LogP contribution >= 0.6 is 27.3 Å². The van der Waals surface area contributed by atoms with Crippen LogP contribution in [0, 0.1) is 5.82 Å². The number of ether oxygens (including phenoxy) is 2. The number of esters is 1. The molecule has 8 heteroatoms. The van der Waals surface area contributed by atoms with E-state index in [1.54, 1.807) is 30.3 Å². The van der Waals surface area contributed by atoms with Gasteiger partial charge in [-0.25, -0.2) is 9.18 Å². The third-order valence-corrected chi connectivity index (χ3v) is 5.60. The molecule has 0 spiro atoms. The van der Waals surface area contributed by atoms with Crippen molar-refractivity contribution in [2.45, 2.75) is 6.04 Å². The zero-order valence-electron chi connectivity index (χ0n) is 15.4. The summed E-state index contributed by atoms with van der Waals surface area (Å²) in [6.07, 6.45) is 0. The summed E-state index contributed by atoms with van der Waals surface area (Å²) in [6.45, 7) is -0.223. The molecule has 5 nitrogen and oxygen atoms in total. The summed E-state index contributed by atoms with van der Waals surface area (Å²) in [4.78, 5) is 25.0. The van der Waals surface area contributed by atoms with Crippen LogP contribution in [0.4, 0.5) is 4.39 Å². The van der Waals surface area contributed by atoms with Crippen molar-refractivity contribution in [3.8, 4) is 5.75 Å². The van der Waals surface area contributed by atoms with Crippen molar-refractivity contribution in [2.24, 2.45) is 0 Å². The van der Waals surface area contributed by atoms with Crippen LogP contribution < -0.4 is 10.1 Å². The Labute approximate surface area is 179 Å². The molecule has 0 aliphatic heterocycles. The molecular weight excluding hydrogens is 461 g/mol. The Balaban J connectivity index is 1.68. The minimum absolute atomic E-state index is 0.223. The quantitative estimate of drug-likeness (QED) is 0.500. The summed E-state index contributed by atoms with van der Waals surface area (Å²) in [5, 5.41) is 4.83. The Morgan fingerprint density at radius 3 is 2.55 bits per heavy atom. The van der Waals surface area contributed by atoms with Gasteiger partial charge in [0, 0.05) is 4.88 Å². The summed E-state index contributed by atoms with van der Waals surface area (Å²) in [7, 11) is 1.30. The van der Waals surface area contributed by atoms with Crippen molar-refractivity contribution in [3.63, 3.8) is 0 Å². The summed E-state index contributed by atoms with van der Waals surface area (Å²) < 4.78 is 24.0. The highest BCUT2D eigenvalue weighted by molar-refractivity contribution is 9.10. The fourth-order valence-electron chi connectivity index (χ4n) is 2.64. The lowest BCUT2D eigenvalue weighted by Gasteiger charge is -2.18. The molecule has 0 bridgehead atoms. The molecule has 150 valence electrons. The van der Waals surface area contributed by atoms with Crippen molar-refractivity contribution in [3.05, 3.63) is 86.3 Å². The van der Waals surface area contributed by atoms with Gasteiger partial charge in [-0.3, -0.25) is 4.79 Å². The predicted octanol–water partition coefficient (Wildman–Crippen LogP) is 4.72. The number of halogens is 2. The van der Waals surface area contributed by atoms with Crippen molar-refractivity contribution in [1.82, 2.24) is 5.32 Å². The van der Waals surface area contributed by atoms with Crippen LogP contribution in [0.2, 0.25) is 0 Å². The van der Waals surface area contributed by atoms with E-state index in [-0.39, 0.29) is 18.3 Å². The van der Waals surface area contributed by atoms with Crippen molar-refractivity contribution < 1.29 is 23.5 Å². The third kappa shape index (κ3) is 5.42. The van der Waals surface area contributed by atoms with E-state index in [0.717, 1.165) is 10.4 Å². The van der Waals surface area contributed by atoms with Crippen LogP contribution in [0.5, 0.6) is 5.75 Å². The van der Waals surface area contributed by atoms with Crippen LogP contribution in [0.15, 0.2) is 64.5 Å². The average Bonchev–Trinajstić information content (AvgIpc) is 3.26. The lowest BCUT2D eigenvalue weighted by molar-refractivity contribution is -0.123. The predicted molar refractivity (Wildman–Crippen MR) is 112 cm³/mol. The second-order valence-electron chi connectivity index (χ2n) is 5.99. The topological polar surface area (TPSA) is 64.6 Å². The smallest absolute Gasteiger partial charge is 0.337 e. The number of thiophene rings is 1. The van der Waals surface area contributed by atoms with Gasteiger partial charge in [-0.05, 0) is 63.3 Å². The van der Waals surface area contributed by atoms with Crippen LogP contribution in [-0.4, -0.2) is 25.6 Å². The molecule has 0 radical (unpaired) electrons. The zero-order valence-corrected chi connectivity index (χ0v) is 17.8. The first-order chi connectivity index (χ1) is 14.0. The highest BCUT2D eigenvalue weighted by atomic mass is 79.9. The number of amides is 1. The minimum atomic E-state index is -0.465. The maximum absolute atomic E-state index is 13.3. The molecular formula is C21H17BrFNO4S. The Hall–Kier alpha value is -2.71. The second-order valence-corrected chi connectivity index (χ2v) is 7.83. The van der Waals surface area contributed by atoms with E-state index in [1.807, 2.05) is 17.5 Å². The van der Waals surface area contributed by atoms with Crippen LogP contribution in [0.25, 0.3) is 0 Å². The van der Waals surface area contributed by atoms with E-state index in [1.165, 1.54) is 30.6 Å². The van der Waals surface area contributed by atoms with Gasteiger partial charge in [0.2, 0.25) is 0 Å². The monoisotopic (exact) mass is 477 g/mol. The molecule has 29 heavy (non-hydrogen) atoms. The lowest BCUT2D eigenvalue weighted by atomic mass is 10.1. The van der Waals surface area contributed by atoms with Gasteiger partial charge in [0.15, 0.2) is 6.61 Å². The number of hydrogen-bond donors (Lipinski definition) is 1. The molecule has 1 atom stereocenters. The Morgan fingerprint density at radius 2 is 1.93 bits per heavy atom. The molecule has 0 aliphatic carbocycles. The van der Waals surface area contributed by atoms with Crippen LogP contribution in [-0.2, 0) is 9.53 Å². The van der Waals surface area contributed by atoms with Gasteiger partial charge in [-0.1, -0.05) is 18.2 Å². The first kappa shape index (κ1) is 21.0. The first-order valence-corrected chi connectivity index (χ1v) is 10.2. The molecule has 1 unspecified atom stereocenters. The number of hydrogen-bond acceptors (Lipinski definition) is 5. The van der Waals surface area contributed by atoms with E-state index in [0.29, 0.717) is 15.8 Å². The minimum Gasteiger partial charge on any atom is -0.483 e. The Morgan fingerprint density at radius 1 is 1.17 bits per heavy atom. The molecule has 3 aromatic rings. The molecule has 1 heterocycles. The molecule has 0 saturated carbocycles. The number of carbonyl (C=O) groups is 2. The van der Waals surface area contributed by atoms with Gasteiger partial charge in [0.05, 0.1) is 23.2 Å². The molecule has 0 fully saturated rings. The Kier molecular flexibility index (Phi) is 7.00. The molecule has 1 amide bonds. The summed E-state index contributed by atoms with van der Waals surface area (Å²) in [5.41, 5.74) is 1.14. The number of nitrogens with one attached hydrogen (secondary N) is 1. The molecule has 1 N–H and O–H groups in total. The maximum Gasteiger partial charge on any atom is 0.337 e. The molecule has 3 rings (SSSR count). The fourth-order valence-corrected chi connectivity index (χ4v) is 3.93. The van der Waals surface area contributed by atoms with Gasteiger partial charge in [-0.15, -0.1) is 11.3 Å². The SMILES string of the molecule is COC(=O)c1ccc(OCC(=O)NC(c2ccc(F)cc2)c2cccs2)c(Br)c1. The standard InChI is InChI=1S/C21H17BrFNO4S/c1-27-21(26)14-6-9-17(16(22)11-14)28-12-19(25)24-20(18-3-2-10-29-18)13-4-7-15(23)8-5-13/h2-11,20H,12H2,1H3,(H,24,25). The summed E-state index contributed by atoms with van der Waals surface area (Å²) in [5.74, 6) is -0.722. The number of methoxy groups -OCH3 is 1. The molecule has 0 aliphatic rings. The van der Waals surface area contributed by atoms with Gasteiger partial charge < -0.3 is 14.8 Å². The van der Waals surface area contributed by atoms with Gasteiger partial charge >= 0.3 is 5.97 Å². The average molecular weight is 478 g/mol. The second kappa shape index (κ2) is 9.67. The van der Waals surface area contributed by atoms with E-state index in [2.05, 4.69) is 26.0 Å². The van der Waals surface area contributed by atoms with Gasteiger partial charge in [0.25, 0.3) is 5.91 Å². The highest BCUT2D eigenvalue weighted by Gasteiger charge is 2.19. The van der Waals surface area contributed by atoms with E-state index >= 15 is 0 Å². The first-order valence-electron chi connectivity index (χ1n) is 8.57. The lowest BCUT2D eigenvalue weighted by Crippen LogP contribution is -2.33. The number of carbonyl (C=O) groups excluding carboxylic acids is 2. The van der Waals surface area contributed by atoms with Crippen LogP contribution in [0.1, 0.15) is 26.8 Å². The summed E-state index contributed by atoms with van der Waals surface area (Å²) in [6, 6.07) is 14.1. The molecule has 2 aromatic carbocycles. The normalized spacial score (nSPS) is 11.6. The molecule has 0 saturated heterocycles. The van der Waals surface area contributed by atoms with E-state index in [4.69, 9.17) is 4.74 Å². The van der Waals surface area contributed by atoms with Crippen molar-refractivity contribution in [2.75, 3.05) is 13.7 Å². The third-order valence-electron chi connectivity index (χ3n) is 4.05. The largest absolute Gasteiger partial charge is 0.483 e. The zero-order chi connectivity index (χ0) is 20.8. The van der Waals surface area contributed by atoms with Gasteiger partial charge in [0.1, 0.15) is 11.6 Å². The van der Waals surface area contributed by atoms with E-state index < -0.39 is 12.0 Å². The van der Waals surface area contributed by atoms with Crippen molar-refractivity contribution in [1.29, 1.82) is 0 Å². The molecule has 1 aromatic heterocycles. The van der Waals surface area contributed by atoms with Crippen LogP contribution in [0.3, 0.4) is 0 Å². The number of rotatable bonds is 7.